The number of amides is 1. The fourth-order valence-corrected chi connectivity index (χ4v) is 4.09. The number of benzene rings is 1. The summed E-state index contributed by atoms with van der Waals surface area (Å²) >= 11 is 0. The minimum Gasteiger partial charge on any atom is -0.508 e. The zero-order valence-electron chi connectivity index (χ0n) is 14.2. The average molecular weight is 337 g/mol. The minimum atomic E-state index is 0.0788. The van der Waals surface area contributed by atoms with Gasteiger partial charge in [-0.05, 0) is 66.8 Å². The summed E-state index contributed by atoms with van der Waals surface area (Å²) in [4.78, 5) is 21.2. The Morgan fingerprint density at radius 1 is 1.04 bits per heavy atom. The highest BCUT2D eigenvalue weighted by molar-refractivity contribution is 5.94. The summed E-state index contributed by atoms with van der Waals surface area (Å²) in [6.07, 6.45) is 4.83. The van der Waals surface area contributed by atoms with Crippen molar-refractivity contribution in [2.24, 2.45) is 11.8 Å². The number of piperidine rings is 1. The lowest BCUT2D eigenvalue weighted by atomic mass is 9.88. The Balaban J connectivity index is 1.38. The zero-order chi connectivity index (χ0) is 17.2. The minimum absolute atomic E-state index is 0.0788. The number of pyridine rings is 1. The van der Waals surface area contributed by atoms with Crippen LogP contribution in [-0.4, -0.2) is 52.0 Å². The molecule has 130 valence electrons. The topological polar surface area (TPSA) is 56.7 Å². The van der Waals surface area contributed by atoms with E-state index < -0.39 is 0 Å². The van der Waals surface area contributed by atoms with Crippen LogP contribution in [0.5, 0.6) is 5.75 Å². The third-order valence-corrected chi connectivity index (χ3v) is 5.44. The van der Waals surface area contributed by atoms with Gasteiger partial charge in [0.25, 0.3) is 5.91 Å². The van der Waals surface area contributed by atoms with Crippen LogP contribution in [0.15, 0.2) is 48.8 Å². The molecule has 5 heteroatoms. The summed E-state index contributed by atoms with van der Waals surface area (Å²) in [5, 5.41) is 9.39. The fourth-order valence-electron chi connectivity index (χ4n) is 4.09. The van der Waals surface area contributed by atoms with E-state index in [0.29, 0.717) is 17.4 Å². The number of aromatic nitrogens is 1. The molecule has 2 aliphatic heterocycles. The van der Waals surface area contributed by atoms with Crippen LogP contribution in [0, 0.1) is 11.8 Å². The smallest absolute Gasteiger partial charge is 0.253 e. The van der Waals surface area contributed by atoms with Gasteiger partial charge in [0.2, 0.25) is 0 Å². The van der Waals surface area contributed by atoms with Crippen LogP contribution in [0.25, 0.3) is 0 Å². The highest BCUT2D eigenvalue weighted by Crippen LogP contribution is 2.32. The number of fused-ring (bicyclic) bond motifs is 1. The lowest BCUT2D eigenvalue weighted by Crippen LogP contribution is -2.39. The van der Waals surface area contributed by atoms with Gasteiger partial charge < -0.3 is 10.0 Å². The molecule has 1 amide bonds. The lowest BCUT2D eigenvalue weighted by Gasteiger charge is -2.34. The van der Waals surface area contributed by atoms with Gasteiger partial charge in [0.15, 0.2) is 0 Å². The molecular weight excluding hydrogens is 314 g/mol. The normalized spacial score (nSPS) is 23.4. The Morgan fingerprint density at radius 2 is 1.76 bits per heavy atom. The maximum absolute atomic E-state index is 12.7. The zero-order valence-corrected chi connectivity index (χ0v) is 14.2. The predicted octanol–water partition coefficient (Wildman–Crippen LogP) is 2.38. The van der Waals surface area contributed by atoms with Crippen LogP contribution in [0.1, 0.15) is 22.3 Å². The summed E-state index contributed by atoms with van der Waals surface area (Å²) in [5.74, 6) is 1.43. The average Bonchev–Trinajstić information content (AvgIpc) is 3.06. The molecule has 2 saturated heterocycles. The number of carbonyl (C=O) groups excluding carboxylic acids is 1. The number of carbonyl (C=O) groups is 1. The summed E-state index contributed by atoms with van der Waals surface area (Å²) in [6, 6.07) is 10.7. The van der Waals surface area contributed by atoms with Crippen molar-refractivity contribution in [1.82, 2.24) is 14.8 Å². The molecule has 0 unspecified atom stereocenters. The molecular formula is C20H23N3O2. The van der Waals surface area contributed by atoms with Crippen molar-refractivity contribution in [3.8, 4) is 5.75 Å². The van der Waals surface area contributed by atoms with Crippen LogP contribution < -0.4 is 0 Å². The van der Waals surface area contributed by atoms with Gasteiger partial charge in [0.1, 0.15) is 5.75 Å². The van der Waals surface area contributed by atoms with E-state index in [1.54, 1.807) is 24.3 Å². The van der Waals surface area contributed by atoms with E-state index in [2.05, 4.69) is 22.0 Å². The second-order valence-electron chi connectivity index (χ2n) is 7.16. The number of likely N-dealkylation sites (tertiary alicyclic amines) is 2. The number of phenols is 1. The van der Waals surface area contributed by atoms with Crippen LogP contribution in [0.3, 0.4) is 0 Å². The summed E-state index contributed by atoms with van der Waals surface area (Å²) < 4.78 is 0. The van der Waals surface area contributed by atoms with Crippen LogP contribution >= 0.6 is 0 Å². The monoisotopic (exact) mass is 337 g/mol. The van der Waals surface area contributed by atoms with Gasteiger partial charge in [-0.25, -0.2) is 0 Å². The molecule has 0 saturated carbocycles. The number of nitrogens with zero attached hydrogens (tertiary/aromatic N) is 3. The van der Waals surface area contributed by atoms with Crippen molar-refractivity contribution >= 4 is 5.91 Å². The molecule has 4 rings (SSSR count). The van der Waals surface area contributed by atoms with Gasteiger partial charge in [-0.2, -0.15) is 0 Å². The molecule has 25 heavy (non-hydrogen) atoms. The first-order valence-corrected chi connectivity index (χ1v) is 8.88. The number of hydrogen-bond donors (Lipinski definition) is 1. The first-order chi connectivity index (χ1) is 12.2. The fraction of sp³-hybridized carbons (Fsp3) is 0.400. The second-order valence-corrected chi connectivity index (χ2v) is 7.16. The van der Waals surface area contributed by atoms with Gasteiger partial charge in [-0.1, -0.05) is 0 Å². The highest BCUT2D eigenvalue weighted by atomic mass is 16.3. The predicted molar refractivity (Wildman–Crippen MR) is 95.1 cm³/mol. The largest absolute Gasteiger partial charge is 0.508 e. The van der Waals surface area contributed by atoms with Crippen molar-refractivity contribution in [3.63, 3.8) is 0 Å². The molecule has 1 aromatic carbocycles. The molecule has 0 radical (unpaired) electrons. The van der Waals surface area contributed by atoms with E-state index in [4.69, 9.17) is 0 Å². The molecule has 0 spiro atoms. The quantitative estimate of drug-likeness (QED) is 0.934. The molecule has 0 bridgehead atoms. The van der Waals surface area contributed by atoms with E-state index >= 15 is 0 Å². The maximum atomic E-state index is 12.7. The molecule has 5 nitrogen and oxygen atoms in total. The third-order valence-electron chi connectivity index (χ3n) is 5.44. The van der Waals surface area contributed by atoms with E-state index in [1.807, 2.05) is 17.3 Å². The Bertz CT molecular complexity index is 732. The molecule has 2 aromatic rings. The summed E-state index contributed by atoms with van der Waals surface area (Å²) in [7, 11) is 0. The number of hydrogen-bond acceptors (Lipinski definition) is 4. The summed E-state index contributed by atoms with van der Waals surface area (Å²) in [5.41, 5.74) is 1.95. The van der Waals surface area contributed by atoms with Gasteiger partial charge in [-0.15, -0.1) is 0 Å². The molecule has 1 aromatic heterocycles. The number of aromatic hydroxyl groups is 1. The van der Waals surface area contributed by atoms with Gasteiger partial charge in [-0.3, -0.25) is 14.7 Å². The van der Waals surface area contributed by atoms with E-state index in [1.165, 1.54) is 5.56 Å². The lowest BCUT2D eigenvalue weighted by molar-refractivity contribution is 0.0783. The maximum Gasteiger partial charge on any atom is 0.253 e. The van der Waals surface area contributed by atoms with Crippen molar-refractivity contribution < 1.29 is 9.90 Å². The molecule has 0 aliphatic carbocycles. The van der Waals surface area contributed by atoms with E-state index in [0.717, 1.165) is 39.1 Å². The first kappa shape index (κ1) is 16.1. The molecule has 1 N–H and O–H groups in total. The summed E-state index contributed by atoms with van der Waals surface area (Å²) in [6.45, 7) is 4.78. The van der Waals surface area contributed by atoms with E-state index in [9.17, 15) is 9.90 Å². The van der Waals surface area contributed by atoms with Gasteiger partial charge in [0.05, 0.1) is 0 Å². The van der Waals surface area contributed by atoms with E-state index in [-0.39, 0.29) is 11.7 Å². The standard InChI is InChI=1S/C20H23N3O2/c24-19-3-1-16(2-4-19)20(25)23-13-17-7-10-22(12-18(17)14-23)11-15-5-8-21-9-6-15/h1-6,8-9,17-18,24H,7,10-14H2/t17-,18+/m1/s1. The Labute approximate surface area is 147 Å². The van der Waals surface area contributed by atoms with Gasteiger partial charge >= 0.3 is 0 Å². The van der Waals surface area contributed by atoms with Crippen LogP contribution in [0.2, 0.25) is 0 Å². The van der Waals surface area contributed by atoms with Gasteiger partial charge in [0, 0.05) is 44.1 Å². The second kappa shape index (κ2) is 6.84. The Morgan fingerprint density at radius 3 is 2.52 bits per heavy atom. The van der Waals surface area contributed by atoms with Crippen molar-refractivity contribution in [3.05, 3.63) is 59.9 Å². The van der Waals surface area contributed by atoms with Crippen molar-refractivity contribution in [2.75, 3.05) is 26.2 Å². The highest BCUT2D eigenvalue weighted by Gasteiger charge is 2.38. The molecule has 2 atom stereocenters. The number of phenolic OH excluding ortho intramolecular Hbond substituents is 1. The number of rotatable bonds is 3. The van der Waals surface area contributed by atoms with Crippen LogP contribution in [0.4, 0.5) is 0 Å². The third kappa shape index (κ3) is 3.51. The SMILES string of the molecule is O=C(c1ccc(O)cc1)N1C[C@H]2CCN(Cc3ccncc3)C[C@H]2C1. The molecule has 3 heterocycles. The van der Waals surface area contributed by atoms with Crippen molar-refractivity contribution in [1.29, 1.82) is 0 Å². The first-order valence-electron chi connectivity index (χ1n) is 8.88. The Kier molecular flexibility index (Phi) is 4.40. The molecule has 2 fully saturated rings. The molecule has 2 aliphatic rings. The van der Waals surface area contributed by atoms with Crippen LogP contribution in [-0.2, 0) is 6.54 Å². The van der Waals surface area contributed by atoms with Crippen molar-refractivity contribution in [2.45, 2.75) is 13.0 Å². The Hall–Kier alpha value is -2.40.